The van der Waals surface area contributed by atoms with Gasteiger partial charge in [-0.05, 0) is 61.5 Å². The van der Waals surface area contributed by atoms with Crippen molar-refractivity contribution in [2.45, 2.75) is 38.9 Å². The summed E-state index contributed by atoms with van der Waals surface area (Å²) >= 11 is 3.70. The molecule has 4 aromatic carbocycles. The molecule has 0 fully saturated rings. The number of hydrogen-bond donors (Lipinski definition) is 2. The van der Waals surface area contributed by atoms with Crippen molar-refractivity contribution >= 4 is 61.0 Å². The van der Waals surface area contributed by atoms with Crippen LogP contribution in [-0.4, -0.2) is 34.5 Å². The zero-order chi connectivity index (χ0) is 29.4. The molecule has 2 N–H and O–H groups in total. The van der Waals surface area contributed by atoms with Gasteiger partial charge in [-0.2, -0.15) is 0 Å². The molecular formula is C34H32BrN3O4. The number of amides is 2. The maximum absolute atomic E-state index is 14.0. The number of aromatic nitrogens is 1. The fraction of sp³-hybridized carbons (Fsp3) is 0.235. The first-order chi connectivity index (χ1) is 20.2. The maximum atomic E-state index is 14.0. The molecule has 8 heteroatoms. The van der Waals surface area contributed by atoms with Gasteiger partial charge in [0.15, 0.2) is 0 Å². The van der Waals surface area contributed by atoms with Crippen LogP contribution >= 0.6 is 15.9 Å². The molecule has 2 heterocycles. The summed E-state index contributed by atoms with van der Waals surface area (Å²) in [4.78, 5) is 31.4. The Hall–Kier alpha value is -4.30. The number of carbonyl (C=O) groups is 2. The summed E-state index contributed by atoms with van der Waals surface area (Å²) in [6.07, 6.45) is -0.527. The van der Waals surface area contributed by atoms with E-state index in [9.17, 15) is 9.59 Å². The molecule has 1 aromatic heterocycles. The number of hydrogen-bond acceptors (Lipinski definition) is 4. The first-order valence-corrected chi connectivity index (χ1v) is 15.1. The Morgan fingerprint density at radius 2 is 1.71 bits per heavy atom. The minimum atomic E-state index is -0.599. The van der Waals surface area contributed by atoms with Gasteiger partial charge in [0.1, 0.15) is 23.7 Å². The second-order valence-electron chi connectivity index (χ2n) is 11.5. The van der Waals surface area contributed by atoms with E-state index < -0.39 is 11.7 Å². The van der Waals surface area contributed by atoms with Crippen LogP contribution in [0, 0.1) is 0 Å². The lowest BCUT2D eigenvalue weighted by atomic mass is 9.95. The fourth-order valence-corrected chi connectivity index (χ4v) is 6.01. The van der Waals surface area contributed by atoms with E-state index >= 15 is 0 Å². The number of carbonyl (C=O) groups excluding carboxylic acids is 2. The predicted octanol–water partition coefficient (Wildman–Crippen LogP) is 8.39. The first kappa shape index (κ1) is 27.8. The number of fused-ring (bicyclic) bond motifs is 4. The number of nitrogens with zero attached hydrogens (tertiary/aromatic N) is 1. The van der Waals surface area contributed by atoms with Gasteiger partial charge in [-0.25, -0.2) is 4.79 Å². The van der Waals surface area contributed by atoms with Gasteiger partial charge in [-0.15, -0.1) is 0 Å². The molecule has 42 heavy (non-hydrogen) atoms. The smallest absolute Gasteiger partial charge is 0.412 e. The number of aromatic amines is 1. The van der Waals surface area contributed by atoms with Crippen LogP contribution in [0.15, 0.2) is 84.9 Å². The molecular weight excluding hydrogens is 594 g/mol. The highest BCUT2D eigenvalue weighted by atomic mass is 79.9. The highest BCUT2D eigenvalue weighted by Gasteiger charge is 2.35. The van der Waals surface area contributed by atoms with E-state index in [1.165, 1.54) is 0 Å². The van der Waals surface area contributed by atoms with Crippen molar-refractivity contribution in [2.75, 3.05) is 22.1 Å². The van der Waals surface area contributed by atoms with Crippen molar-refractivity contribution < 1.29 is 19.1 Å². The summed E-state index contributed by atoms with van der Waals surface area (Å²) < 4.78 is 11.7. The quantitative estimate of drug-likeness (QED) is 0.186. The summed E-state index contributed by atoms with van der Waals surface area (Å²) in [7, 11) is 0. The zero-order valence-corrected chi connectivity index (χ0v) is 25.3. The van der Waals surface area contributed by atoms with E-state index in [1.54, 1.807) is 6.07 Å². The third-order valence-corrected chi connectivity index (χ3v) is 8.08. The summed E-state index contributed by atoms with van der Waals surface area (Å²) in [6.45, 7) is 6.43. The fourth-order valence-electron chi connectivity index (χ4n) is 5.48. The number of halogens is 1. The number of anilines is 2. The Morgan fingerprint density at radius 1 is 0.976 bits per heavy atom. The average molecular weight is 627 g/mol. The largest absolute Gasteiger partial charge is 0.488 e. The van der Waals surface area contributed by atoms with Gasteiger partial charge in [-0.3, -0.25) is 10.1 Å². The standard InChI is InChI=1S/C34H32BrN3O4/c1-34(2,3)42-33(40)36-24-13-14-27-22(15-24)16-28(37-27)32(39)38-19-23(18-35)31-26-12-8-7-11-25(26)30(17-29(31)38)41-20-21-9-5-4-6-10-21/h4-17,23,37H,18-20H2,1-3H3,(H,36,40)/t23-/m1/s1. The Kier molecular flexibility index (Phi) is 7.41. The third kappa shape index (κ3) is 5.59. The highest BCUT2D eigenvalue weighted by molar-refractivity contribution is 9.09. The van der Waals surface area contributed by atoms with E-state index in [2.05, 4.69) is 38.4 Å². The van der Waals surface area contributed by atoms with Gasteiger partial charge in [-0.1, -0.05) is 70.5 Å². The molecule has 6 rings (SSSR count). The van der Waals surface area contributed by atoms with Crippen LogP contribution in [0.3, 0.4) is 0 Å². The van der Waals surface area contributed by atoms with Crippen molar-refractivity contribution in [3.8, 4) is 5.75 Å². The predicted molar refractivity (Wildman–Crippen MR) is 171 cm³/mol. The van der Waals surface area contributed by atoms with Gasteiger partial charge in [0, 0.05) is 45.8 Å². The lowest BCUT2D eigenvalue weighted by Crippen LogP contribution is -2.30. The van der Waals surface area contributed by atoms with Crippen molar-refractivity contribution in [2.24, 2.45) is 0 Å². The van der Waals surface area contributed by atoms with Crippen LogP contribution in [0.2, 0.25) is 0 Å². The first-order valence-electron chi connectivity index (χ1n) is 13.9. The molecule has 214 valence electrons. The molecule has 1 aliphatic rings. The van der Waals surface area contributed by atoms with Gasteiger partial charge < -0.3 is 19.4 Å². The van der Waals surface area contributed by atoms with E-state index in [0.717, 1.165) is 49.6 Å². The van der Waals surface area contributed by atoms with E-state index in [1.807, 2.05) is 92.4 Å². The molecule has 7 nitrogen and oxygen atoms in total. The number of alkyl halides is 1. The molecule has 0 saturated carbocycles. The SMILES string of the molecule is CC(C)(C)OC(=O)Nc1ccc2[nH]c(C(=O)N3C[C@@H](CBr)c4c3cc(OCc3ccccc3)c3ccccc43)cc2c1. The molecule has 1 aliphatic heterocycles. The molecule has 0 unspecified atom stereocenters. The molecule has 0 saturated heterocycles. The number of rotatable bonds is 6. The Bertz CT molecular complexity index is 1790. The summed E-state index contributed by atoms with van der Waals surface area (Å²) in [5, 5.41) is 6.43. The monoisotopic (exact) mass is 625 g/mol. The molecule has 2 amide bonds. The van der Waals surface area contributed by atoms with Crippen LogP contribution in [0.25, 0.3) is 21.7 Å². The number of ether oxygens (including phenoxy) is 2. The van der Waals surface area contributed by atoms with E-state index in [-0.39, 0.29) is 11.8 Å². The second kappa shape index (κ2) is 11.2. The van der Waals surface area contributed by atoms with Crippen LogP contribution in [-0.2, 0) is 11.3 Å². The van der Waals surface area contributed by atoms with E-state index in [4.69, 9.17) is 9.47 Å². The molecule has 0 radical (unpaired) electrons. The maximum Gasteiger partial charge on any atom is 0.412 e. The molecule has 0 aliphatic carbocycles. The van der Waals surface area contributed by atoms with Crippen LogP contribution < -0.4 is 15.0 Å². The van der Waals surface area contributed by atoms with Gasteiger partial charge >= 0.3 is 6.09 Å². The van der Waals surface area contributed by atoms with Gasteiger partial charge in [0.2, 0.25) is 0 Å². The topological polar surface area (TPSA) is 83.7 Å². The molecule has 0 spiro atoms. The number of nitrogens with one attached hydrogen (secondary N) is 2. The van der Waals surface area contributed by atoms with Gasteiger partial charge in [0.25, 0.3) is 5.91 Å². The minimum absolute atomic E-state index is 0.123. The zero-order valence-electron chi connectivity index (χ0n) is 23.7. The Morgan fingerprint density at radius 3 is 2.45 bits per heavy atom. The number of benzene rings is 4. The Labute approximate surface area is 252 Å². The summed E-state index contributed by atoms with van der Waals surface area (Å²) in [5.74, 6) is 0.753. The van der Waals surface area contributed by atoms with E-state index in [0.29, 0.717) is 24.5 Å². The number of H-pyrrole nitrogens is 1. The molecule has 5 aromatic rings. The van der Waals surface area contributed by atoms with Gasteiger partial charge in [0.05, 0.1) is 5.69 Å². The average Bonchev–Trinajstić information content (AvgIpc) is 3.56. The van der Waals surface area contributed by atoms with Crippen molar-refractivity contribution in [3.05, 3.63) is 102 Å². The van der Waals surface area contributed by atoms with Crippen LogP contribution in [0.4, 0.5) is 16.2 Å². The van der Waals surface area contributed by atoms with Crippen LogP contribution in [0.1, 0.15) is 48.3 Å². The van der Waals surface area contributed by atoms with Crippen molar-refractivity contribution in [1.29, 1.82) is 0 Å². The third-order valence-electron chi connectivity index (χ3n) is 7.29. The Balaban J connectivity index is 1.32. The minimum Gasteiger partial charge on any atom is -0.488 e. The lowest BCUT2D eigenvalue weighted by Gasteiger charge is -2.19. The second-order valence-corrected chi connectivity index (χ2v) is 12.2. The van der Waals surface area contributed by atoms with Crippen molar-refractivity contribution in [1.82, 2.24) is 4.98 Å². The highest BCUT2D eigenvalue weighted by Crippen LogP contribution is 2.46. The molecule has 1 atom stereocenters. The van der Waals surface area contributed by atoms with Crippen molar-refractivity contribution in [3.63, 3.8) is 0 Å². The lowest BCUT2D eigenvalue weighted by molar-refractivity contribution is 0.0635. The summed E-state index contributed by atoms with van der Waals surface area (Å²) in [5.41, 5.74) is 4.34. The molecule has 0 bridgehead atoms. The normalized spacial score (nSPS) is 14.7. The summed E-state index contributed by atoms with van der Waals surface area (Å²) in [6, 6.07) is 27.6. The van der Waals surface area contributed by atoms with Crippen LogP contribution in [0.5, 0.6) is 5.75 Å².